The van der Waals surface area contributed by atoms with Crippen LogP contribution in [-0.2, 0) is 28.9 Å². The topological polar surface area (TPSA) is 93.5 Å². The summed E-state index contributed by atoms with van der Waals surface area (Å²) in [5, 5.41) is 6.76. The molecule has 1 N–H and O–H groups in total. The molecule has 2 aromatic rings. The van der Waals surface area contributed by atoms with E-state index in [9.17, 15) is 23.2 Å². The van der Waals surface area contributed by atoms with E-state index in [1.165, 1.54) is 9.58 Å². The molecule has 0 fully saturated rings. The maximum atomic E-state index is 13.3. The van der Waals surface area contributed by atoms with Gasteiger partial charge in [0, 0.05) is 25.4 Å². The highest BCUT2D eigenvalue weighted by Crippen LogP contribution is 2.35. The van der Waals surface area contributed by atoms with Gasteiger partial charge in [0.1, 0.15) is 17.2 Å². The highest BCUT2D eigenvalue weighted by atomic mass is 32.1. The monoisotopic (exact) mass is 454 g/mol. The number of thiophene rings is 1. The molecule has 0 saturated heterocycles. The Labute approximate surface area is 182 Å². The first-order valence-corrected chi connectivity index (χ1v) is 10.7. The molecule has 31 heavy (non-hydrogen) atoms. The predicted octanol–water partition coefficient (Wildman–Crippen LogP) is 3.20. The number of hydrogen-bond acceptors (Lipinski definition) is 6. The van der Waals surface area contributed by atoms with Crippen molar-refractivity contribution < 1.29 is 27.9 Å². The van der Waals surface area contributed by atoms with E-state index in [0.29, 0.717) is 34.5 Å². The lowest BCUT2D eigenvalue weighted by molar-refractivity contribution is -0.116. The fourth-order valence-electron chi connectivity index (χ4n) is 3.61. The van der Waals surface area contributed by atoms with Crippen molar-refractivity contribution in [3.63, 3.8) is 0 Å². The molecule has 0 spiro atoms. The van der Waals surface area contributed by atoms with Gasteiger partial charge >= 0.3 is 5.97 Å². The van der Waals surface area contributed by atoms with Crippen LogP contribution in [0.5, 0.6) is 0 Å². The molecule has 2 aromatic heterocycles. The Bertz CT molecular complexity index is 1030. The molecular weight excluding hydrogens is 430 g/mol. The number of esters is 1. The lowest BCUT2D eigenvalue weighted by Gasteiger charge is -2.09. The van der Waals surface area contributed by atoms with Gasteiger partial charge in [0.25, 0.3) is 12.3 Å². The predicted molar refractivity (Wildman–Crippen MR) is 111 cm³/mol. The first kappa shape index (κ1) is 22.9. The van der Waals surface area contributed by atoms with Crippen molar-refractivity contribution in [2.75, 3.05) is 26.0 Å². The standard InChI is InChI=1S/C20H24F2N4O4S/c1-5-30-20(29)14-10(2)16(19(28)25(3)4)31-18(14)23-13(27)9-26-12-8-6-7-11(12)15(24-26)17(21)22/h17H,5-9H2,1-4H3,(H,23,27). The Morgan fingerprint density at radius 1 is 1.29 bits per heavy atom. The molecule has 1 aliphatic carbocycles. The van der Waals surface area contributed by atoms with E-state index < -0.39 is 18.3 Å². The van der Waals surface area contributed by atoms with Crippen LogP contribution in [0.3, 0.4) is 0 Å². The van der Waals surface area contributed by atoms with E-state index in [0.717, 1.165) is 17.8 Å². The van der Waals surface area contributed by atoms with Gasteiger partial charge in [-0.25, -0.2) is 13.6 Å². The van der Waals surface area contributed by atoms with Gasteiger partial charge in [-0.1, -0.05) is 0 Å². The summed E-state index contributed by atoms with van der Waals surface area (Å²) in [6.45, 7) is 3.13. The van der Waals surface area contributed by atoms with Crippen molar-refractivity contribution in [1.82, 2.24) is 14.7 Å². The SMILES string of the molecule is CCOC(=O)c1c(NC(=O)Cn2nc(C(F)F)c3c2CCC3)sc(C(=O)N(C)C)c1C. The van der Waals surface area contributed by atoms with E-state index in [2.05, 4.69) is 10.4 Å². The normalized spacial score (nSPS) is 12.7. The van der Waals surface area contributed by atoms with Crippen LogP contribution in [-0.4, -0.2) is 53.2 Å². The summed E-state index contributed by atoms with van der Waals surface area (Å²) in [4.78, 5) is 39.3. The smallest absolute Gasteiger partial charge is 0.341 e. The molecule has 0 radical (unpaired) electrons. The third kappa shape index (κ3) is 4.46. The van der Waals surface area contributed by atoms with Crippen LogP contribution in [0.1, 0.15) is 62.3 Å². The second-order valence-corrected chi connectivity index (χ2v) is 8.37. The molecule has 2 heterocycles. The fraction of sp³-hybridized carbons (Fsp3) is 0.500. The number of nitrogens with zero attached hydrogens (tertiary/aromatic N) is 3. The van der Waals surface area contributed by atoms with Gasteiger partial charge in [-0.2, -0.15) is 5.10 Å². The van der Waals surface area contributed by atoms with Gasteiger partial charge in [0.2, 0.25) is 5.91 Å². The fourth-order valence-corrected chi connectivity index (χ4v) is 4.84. The molecule has 3 rings (SSSR count). The first-order chi connectivity index (χ1) is 14.6. The maximum Gasteiger partial charge on any atom is 0.341 e. The van der Waals surface area contributed by atoms with Crippen LogP contribution in [0.25, 0.3) is 0 Å². The van der Waals surface area contributed by atoms with Crippen LogP contribution in [0, 0.1) is 6.92 Å². The van der Waals surface area contributed by atoms with Crippen molar-refractivity contribution >= 4 is 34.1 Å². The van der Waals surface area contributed by atoms with Gasteiger partial charge in [0.05, 0.1) is 17.0 Å². The Morgan fingerprint density at radius 2 is 2.00 bits per heavy atom. The minimum absolute atomic E-state index is 0.115. The highest BCUT2D eigenvalue weighted by molar-refractivity contribution is 7.18. The van der Waals surface area contributed by atoms with Crippen molar-refractivity contribution in [3.8, 4) is 0 Å². The number of aromatic nitrogens is 2. The van der Waals surface area contributed by atoms with E-state index in [1.54, 1.807) is 27.9 Å². The number of nitrogens with one attached hydrogen (secondary N) is 1. The van der Waals surface area contributed by atoms with E-state index in [-0.39, 0.29) is 35.3 Å². The summed E-state index contributed by atoms with van der Waals surface area (Å²) in [7, 11) is 3.17. The molecule has 0 bridgehead atoms. The summed E-state index contributed by atoms with van der Waals surface area (Å²) < 4.78 is 32.9. The molecule has 168 valence electrons. The van der Waals surface area contributed by atoms with Gasteiger partial charge in [-0.15, -0.1) is 11.3 Å². The molecule has 1 aliphatic rings. The Hall–Kier alpha value is -2.82. The summed E-state index contributed by atoms with van der Waals surface area (Å²) in [6.07, 6.45) is -0.868. The number of amides is 2. The number of alkyl halides is 2. The molecule has 0 unspecified atom stereocenters. The number of halogens is 2. The summed E-state index contributed by atoms with van der Waals surface area (Å²) >= 11 is 0.978. The summed E-state index contributed by atoms with van der Waals surface area (Å²) in [5.74, 6) is -1.49. The molecule has 0 aliphatic heterocycles. The minimum Gasteiger partial charge on any atom is -0.462 e. The highest BCUT2D eigenvalue weighted by Gasteiger charge is 2.30. The maximum absolute atomic E-state index is 13.3. The number of hydrogen-bond donors (Lipinski definition) is 1. The molecule has 0 saturated carbocycles. The van der Waals surface area contributed by atoms with E-state index in [1.807, 2.05) is 0 Å². The van der Waals surface area contributed by atoms with Crippen LogP contribution in [0.4, 0.5) is 13.8 Å². The third-order valence-electron chi connectivity index (χ3n) is 5.02. The van der Waals surface area contributed by atoms with Gasteiger partial charge in [-0.05, 0) is 38.7 Å². The molecule has 8 nitrogen and oxygen atoms in total. The molecule has 2 amide bonds. The largest absolute Gasteiger partial charge is 0.462 e. The Kier molecular flexibility index (Phi) is 6.73. The van der Waals surface area contributed by atoms with Crippen LogP contribution < -0.4 is 5.32 Å². The summed E-state index contributed by atoms with van der Waals surface area (Å²) in [6, 6.07) is 0. The number of anilines is 1. The molecule has 0 atom stereocenters. The summed E-state index contributed by atoms with van der Waals surface area (Å²) in [5.41, 5.74) is 1.41. The van der Waals surface area contributed by atoms with Crippen LogP contribution in [0.15, 0.2) is 0 Å². The number of fused-ring (bicyclic) bond motifs is 1. The average molecular weight is 454 g/mol. The van der Waals surface area contributed by atoms with Gasteiger partial charge in [0.15, 0.2) is 0 Å². The lowest BCUT2D eigenvalue weighted by atomic mass is 10.1. The van der Waals surface area contributed by atoms with Crippen molar-refractivity contribution in [2.45, 2.75) is 46.1 Å². The minimum atomic E-state index is -2.70. The zero-order valence-electron chi connectivity index (χ0n) is 17.8. The van der Waals surface area contributed by atoms with E-state index in [4.69, 9.17) is 4.74 Å². The van der Waals surface area contributed by atoms with Crippen molar-refractivity contribution in [3.05, 3.63) is 33.0 Å². The Balaban J connectivity index is 1.89. The van der Waals surface area contributed by atoms with Gasteiger partial charge < -0.3 is 15.0 Å². The first-order valence-electron chi connectivity index (χ1n) is 9.84. The number of carbonyl (C=O) groups excluding carboxylic acids is 3. The Morgan fingerprint density at radius 3 is 2.61 bits per heavy atom. The third-order valence-corrected chi connectivity index (χ3v) is 6.21. The second-order valence-electron chi connectivity index (χ2n) is 7.35. The average Bonchev–Trinajstić information content (AvgIpc) is 3.36. The number of carbonyl (C=O) groups is 3. The lowest BCUT2D eigenvalue weighted by Crippen LogP contribution is -2.22. The van der Waals surface area contributed by atoms with Crippen LogP contribution in [0.2, 0.25) is 0 Å². The van der Waals surface area contributed by atoms with E-state index >= 15 is 0 Å². The van der Waals surface area contributed by atoms with Crippen molar-refractivity contribution in [1.29, 1.82) is 0 Å². The zero-order valence-corrected chi connectivity index (χ0v) is 18.6. The molecule has 11 heteroatoms. The number of rotatable bonds is 7. The quantitative estimate of drug-likeness (QED) is 0.649. The molecular formula is C20H24F2N4O4S. The van der Waals surface area contributed by atoms with Gasteiger partial charge in [-0.3, -0.25) is 14.3 Å². The molecule has 0 aromatic carbocycles. The number of ether oxygens (including phenoxy) is 1. The van der Waals surface area contributed by atoms with Crippen LogP contribution >= 0.6 is 11.3 Å². The second kappa shape index (κ2) is 9.13. The zero-order chi connectivity index (χ0) is 22.9. The van der Waals surface area contributed by atoms with Crippen molar-refractivity contribution in [2.24, 2.45) is 0 Å².